The average Bonchev–Trinajstić information content (AvgIpc) is 3.26. The highest BCUT2D eigenvalue weighted by Gasteiger charge is 2.31. The summed E-state index contributed by atoms with van der Waals surface area (Å²) in [7, 11) is 0. The summed E-state index contributed by atoms with van der Waals surface area (Å²) in [6.45, 7) is 6.10. The van der Waals surface area contributed by atoms with Gasteiger partial charge in [-0.1, -0.05) is 0 Å². The van der Waals surface area contributed by atoms with Gasteiger partial charge in [-0.2, -0.15) is 4.98 Å². The Hall–Kier alpha value is -1.52. The van der Waals surface area contributed by atoms with Crippen LogP contribution in [0.3, 0.4) is 0 Å². The van der Waals surface area contributed by atoms with E-state index in [1.165, 1.54) is 25.7 Å². The van der Waals surface area contributed by atoms with Crippen LogP contribution < -0.4 is 15.4 Å². The fourth-order valence-electron chi connectivity index (χ4n) is 2.41. The molecule has 2 aliphatic rings. The third-order valence-corrected chi connectivity index (χ3v) is 3.82. The number of nitrogens with two attached hydrogens (primary N) is 1. The highest BCUT2D eigenvalue weighted by molar-refractivity contribution is 5.67. The van der Waals surface area contributed by atoms with Crippen LogP contribution in [0.5, 0.6) is 5.88 Å². The third kappa shape index (κ3) is 3.32. The van der Waals surface area contributed by atoms with Crippen molar-refractivity contribution >= 4 is 11.5 Å². The van der Waals surface area contributed by atoms with Gasteiger partial charge < -0.3 is 15.4 Å². The summed E-state index contributed by atoms with van der Waals surface area (Å²) in [6.07, 6.45) is 6.97. The Morgan fingerprint density at radius 1 is 1.20 bits per heavy atom. The molecule has 2 saturated carbocycles. The lowest BCUT2D eigenvalue weighted by Gasteiger charge is -2.25. The first kappa shape index (κ1) is 13.5. The molecule has 0 amide bonds. The van der Waals surface area contributed by atoms with E-state index in [9.17, 15) is 0 Å². The molecule has 20 heavy (non-hydrogen) atoms. The fourth-order valence-corrected chi connectivity index (χ4v) is 2.41. The van der Waals surface area contributed by atoms with Gasteiger partial charge in [0.05, 0.1) is 6.10 Å². The van der Waals surface area contributed by atoms with Crippen LogP contribution in [0.2, 0.25) is 0 Å². The van der Waals surface area contributed by atoms with Crippen molar-refractivity contribution in [2.45, 2.75) is 45.6 Å². The molecule has 0 aliphatic heterocycles. The van der Waals surface area contributed by atoms with Crippen LogP contribution in [0.1, 0.15) is 39.5 Å². The number of rotatable bonds is 7. The van der Waals surface area contributed by atoms with Gasteiger partial charge in [-0.25, -0.2) is 4.98 Å². The van der Waals surface area contributed by atoms with Crippen molar-refractivity contribution in [3.8, 4) is 5.88 Å². The maximum absolute atomic E-state index is 6.23. The maximum Gasteiger partial charge on any atom is 0.242 e. The number of aromatic nitrogens is 2. The molecule has 2 N–H and O–H groups in total. The number of hydrogen-bond donors (Lipinski definition) is 1. The molecule has 1 aromatic rings. The Morgan fingerprint density at radius 3 is 2.30 bits per heavy atom. The minimum absolute atomic E-state index is 0.0698. The van der Waals surface area contributed by atoms with E-state index in [4.69, 9.17) is 10.5 Å². The number of nitrogens with zero attached hydrogens (tertiary/aromatic N) is 3. The summed E-state index contributed by atoms with van der Waals surface area (Å²) in [5.74, 6) is 3.01. The van der Waals surface area contributed by atoms with Gasteiger partial charge in [-0.05, 0) is 51.4 Å². The van der Waals surface area contributed by atoms with Gasteiger partial charge in [0.15, 0.2) is 5.82 Å². The van der Waals surface area contributed by atoms with E-state index in [0.29, 0.717) is 11.6 Å². The standard InChI is InChI=1S/C15H24N4O/c1-10(2)20-15-13(16)14(17-9-18-15)19(7-11-3-4-11)8-12-5-6-12/h9-12H,3-8,16H2,1-2H3. The number of hydrogen-bond acceptors (Lipinski definition) is 5. The van der Waals surface area contributed by atoms with Crippen molar-refractivity contribution in [1.82, 2.24) is 9.97 Å². The molecule has 3 rings (SSSR count). The summed E-state index contributed by atoms with van der Waals surface area (Å²) in [4.78, 5) is 10.9. The zero-order valence-electron chi connectivity index (χ0n) is 12.4. The molecular formula is C15H24N4O. The summed E-state index contributed by atoms with van der Waals surface area (Å²) in [6, 6.07) is 0. The quantitative estimate of drug-likeness (QED) is 0.829. The summed E-state index contributed by atoms with van der Waals surface area (Å²) < 4.78 is 5.67. The summed E-state index contributed by atoms with van der Waals surface area (Å²) >= 11 is 0. The topological polar surface area (TPSA) is 64.3 Å². The zero-order valence-corrected chi connectivity index (χ0v) is 12.4. The smallest absolute Gasteiger partial charge is 0.242 e. The van der Waals surface area contributed by atoms with Gasteiger partial charge in [0.25, 0.3) is 0 Å². The molecule has 0 unspecified atom stereocenters. The number of nitrogen functional groups attached to an aromatic ring is 1. The molecule has 0 radical (unpaired) electrons. The van der Waals surface area contributed by atoms with Crippen LogP contribution in [0.15, 0.2) is 6.33 Å². The van der Waals surface area contributed by atoms with Crippen molar-refractivity contribution in [2.24, 2.45) is 11.8 Å². The van der Waals surface area contributed by atoms with Crippen LogP contribution in [0.4, 0.5) is 11.5 Å². The molecular weight excluding hydrogens is 252 g/mol. The van der Waals surface area contributed by atoms with Crippen molar-refractivity contribution < 1.29 is 4.74 Å². The van der Waals surface area contributed by atoms with Crippen molar-refractivity contribution in [3.05, 3.63) is 6.33 Å². The van der Waals surface area contributed by atoms with E-state index in [1.807, 2.05) is 13.8 Å². The summed E-state index contributed by atoms with van der Waals surface area (Å²) in [5.41, 5.74) is 6.82. The second-order valence-corrected chi connectivity index (χ2v) is 6.37. The zero-order chi connectivity index (χ0) is 14.1. The Balaban J connectivity index is 1.80. The van der Waals surface area contributed by atoms with E-state index >= 15 is 0 Å². The van der Waals surface area contributed by atoms with Gasteiger partial charge in [0, 0.05) is 13.1 Å². The lowest BCUT2D eigenvalue weighted by Crippen LogP contribution is -2.30. The first-order chi connectivity index (χ1) is 9.63. The van der Waals surface area contributed by atoms with E-state index in [-0.39, 0.29) is 6.10 Å². The molecule has 0 aromatic carbocycles. The predicted molar refractivity (Wildman–Crippen MR) is 79.9 cm³/mol. The second kappa shape index (κ2) is 5.46. The van der Waals surface area contributed by atoms with Crippen molar-refractivity contribution in [1.29, 1.82) is 0 Å². The first-order valence-corrected chi connectivity index (χ1v) is 7.65. The lowest BCUT2D eigenvalue weighted by molar-refractivity contribution is 0.234. The van der Waals surface area contributed by atoms with Crippen LogP contribution in [0.25, 0.3) is 0 Å². The van der Waals surface area contributed by atoms with E-state index in [2.05, 4.69) is 14.9 Å². The predicted octanol–water partition coefficient (Wildman–Crippen LogP) is 2.47. The molecule has 0 atom stereocenters. The fraction of sp³-hybridized carbons (Fsp3) is 0.733. The monoisotopic (exact) mass is 276 g/mol. The largest absolute Gasteiger partial charge is 0.473 e. The van der Waals surface area contributed by atoms with Gasteiger partial charge in [0.2, 0.25) is 5.88 Å². The van der Waals surface area contributed by atoms with Gasteiger partial charge in [0.1, 0.15) is 12.0 Å². The molecule has 1 heterocycles. The Bertz CT molecular complexity index is 455. The Kier molecular flexibility index (Phi) is 3.68. The van der Waals surface area contributed by atoms with Crippen LogP contribution in [0, 0.1) is 11.8 Å². The first-order valence-electron chi connectivity index (χ1n) is 7.65. The number of anilines is 2. The number of ether oxygens (including phenoxy) is 1. The van der Waals surface area contributed by atoms with Crippen molar-refractivity contribution in [3.63, 3.8) is 0 Å². The SMILES string of the molecule is CC(C)Oc1ncnc(N(CC2CC2)CC2CC2)c1N. The maximum atomic E-state index is 6.23. The lowest BCUT2D eigenvalue weighted by atomic mass is 10.3. The molecule has 0 saturated heterocycles. The molecule has 1 aromatic heterocycles. The van der Waals surface area contributed by atoms with Gasteiger partial charge in [-0.3, -0.25) is 0 Å². The van der Waals surface area contributed by atoms with Gasteiger partial charge in [-0.15, -0.1) is 0 Å². The summed E-state index contributed by atoms with van der Waals surface area (Å²) in [5, 5.41) is 0. The highest BCUT2D eigenvalue weighted by atomic mass is 16.5. The third-order valence-electron chi connectivity index (χ3n) is 3.82. The second-order valence-electron chi connectivity index (χ2n) is 6.37. The molecule has 2 fully saturated rings. The average molecular weight is 276 g/mol. The van der Waals surface area contributed by atoms with Crippen molar-refractivity contribution in [2.75, 3.05) is 23.7 Å². The highest BCUT2D eigenvalue weighted by Crippen LogP contribution is 2.38. The molecule has 5 heteroatoms. The van der Waals surface area contributed by atoms with E-state index in [0.717, 1.165) is 30.7 Å². The van der Waals surface area contributed by atoms with E-state index in [1.54, 1.807) is 6.33 Å². The molecule has 0 spiro atoms. The van der Waals surface area contributed by atoms with Crippen LogP contribution >= 0.6 is 0 Å². The molecule has 2 aliphatic carbocycles. The minimum atomic E-state index is 0.0698. The molecule has 5 nitrogen and oxygen atoms in total. The van der Waals surface area contributed by atoms with Crippen LogP contribution in [-0.4, -0.2) is 29.2 Å². The normalized spacial score (nSPS) is 18.4. The minimum Gasteiger partial charge on any atom is -0.473 e. The Morgan fingerprint density at radius 2 is 1.80 bits per heavy atom. The van der Waals surface area contributed by atoms with Gasteiger partial charge >= 0.3 is 0 Å². The Labute approximate surface area is 120 Å². The molecule has 0 bridgehead atoms. The van der Waals surface area contributed by atoms with E-state index < -0.39 is 0 Å². The molecule has 110 valence electrons. The van der Waals surface area contributed by atoms with Crippen LogP contribution in [-0.2, 0) is 0 Å².